The maximum atomic E-state index is 11.9. The first-order chi connectivity index (χ1) is 10.8. The summed E-state index contributed by atoms with van der Waals surface area (Å²) in [5.74, 6) is -0.0918. The first-order valence-electron chi connectivity index (χ1n) is 7.51. The molecule has 0 aliphatic carbocycles. The zero-order valence-electron chi connectivity index (χ0n) is 13.9. The number of carbonyl (C=O) groups excluding carboxylic acids is 1. The van der Waals surface area contributed by atoms with Crippen LogP contribution in [0.4, 0.5) is 0 Å². The number of carbonyl (C=O) groups is 1. The number of phenolic OH excluding ortho intramolecular Hbond substituents is 1. The Labute approximate surface area is 136 Å². The van der Waals surface area contributed by atoms with Crippen LogP contribution in [0.2, 0.25) is 0 Å². The molecular formula is C19H22N2O2. The molecule has 4 nitrogen and oxygen atoms in total. The van der Waals surface area contributed by atoms with Crippen molar-refractivity contribution in [2.45, 2.75) is 33.1 Å². The summed E-state index contributed by atoms with van der Waals surface area (Å²) < 4.78 is 0. The van der Waals surface area contributed by atoms with Gasteiger partial charge >= 0.3 is 0 Å². The van der Waals surface area contributed by atoms with Crippen molar-refractivity contribution >= 4 is 12.1 Å². The first kappa shape index (κ1) is 16.7. The molecule has 0 aliphatic rings. The van der Waals surface area contributed by atoms with Gasteiger partial charge in [-0.05, 0) is 36.1 Å². The van der Waals surface area contributed by atoms with Gasteiger partial charge in [-0.2, -0.15) is 5.10 Å². The number of aryl methyl sites for hydroxylation is 1. The molecule has 0 radical (unpaired) electrons. The summed E-state index contributed by atoms with van der Waals surface area (Å²) in [5, 5.41) is 14.4. The van der Waals surface area contributed by atoms with Crippen molar-refractivity contribution in [3.8, 4) is 5.75 Å². The van der Waals surface area contributed by atoms with Gasteiger partial charge in [0.2, 0.25) is 0 Å². The minimum Gasteiger partial charge on any atom is -0.507 e. The summed E-state index contributed by atoms with van der Waals surface area (Å²) >= 11 is 0. The molecule has 0 unspecified atom stereocenters. The zero-order valence-corrected chi connectivity index (χ0v) is 13.9. The molecular weight excluding hydrogens is 288 g/mol. The van der Waals surface area contributed by atoms with Crippen LogP contribution in [-0.4, -0.2) is 17.2 Å². The van der Waals surface area contributed by atoms with Crippen LogP contribution in [-0.2, 0) is 5.41 Å². The summed E-state index contributed by atoms with van der Waals surface area (Å²) in [6.07, 6.45) is 1.47. The monoisotopic (exact) mass is 310 g/mol. The molecule has 0 bridgehead atoms. The Morgan fingerprint density at radius 2 is 1.83 bits per heavy atom. The van der Waals surface area contributed by atoms with Crippen LogP contribution in [0.5, 0.6) is 5.75 Å². The molecule has 0 saturated heterocycles. The lowest BCUT2D eigenvalue weighted by atomic mass is 9.84. The summed E-state index contributed by atoms with van der Waals surface area (Å²) in [4.78, 5) is 11.9. The molecule has 2 aromatic rings. The van der Waals surface area contributed by atoms with Crippen LogP contribution in [0.3, 0.4) is 0 Å². The van der Waals surface area contributed by atoms with Gasteiger partial charge in [0.05, 0.1) is 6.21 Å². The first-order valence-corrected chi connectivity index (χ1v) is 7.51. The molecule has 0 aromatic heterocycles. The van der Waals surface area contributed by atoms with E-state index in [4.69, 9.17) is 0 Å². The van der Waals surface area contributed by atoms with Gasteiger partial charge in [0.15, 0.2) is 0 Å². The highest BCUT2D eigenvalue weighted by Gasteiger charge is 2.20. The van der Waals surface area contributed by atoms with E-state index in [0.29, 0.717) is 11.1 Å². The molecule has 0 fully saturated rings. The number of nitrogens with zero attached hydrogens (tertiary/aromatic N) is 1. The SMILES string of the molecule is Cc1cc(/C=N/NC(=O)c2ccccc2)c(O)c(C(C)(C)C)c1. The fourth-order valence-corrected chi connectivity index (χ4v) is 2.29. The van der Waals surface area contributed by atoms with Crippen molar-refractivity contribution in [1.29, 1.82) is 0 Å². The quantitative estimate of drug-likeness (QED) is 0.670. The third-order valence-corrected chi connectivity index (χ3v) is 3.50. The molecule has 120 valence electrons. The number of hydrogen-bond donors (Lipinski definition) is 2. The summed E-state index contributed by atoms with van der Waals surface area (Å²) in [7, 11) is 0. The number of phenols is 1. The standard InChI is InChI=1S/C19H22N2O2/c1-13-10-15(17(22)16(11-13)19(2,3)4)12-20-21-18(23)14-8-6-5-7-9-14/h5-12,22H,1-4H3,(H,21,23)/b20-12+. The van der Waals surface area contributed by atoms with Gasteiger partial charge in [-0.25, -0.2) is 5.43 Å². The highest BCUT2D eigenvalue weighted by molar-refractivity contribution is 5.95. The lowest BCUT2D eigenvalue weighted by molar-refractivity contribution is 0.0955. The largest absolute Gasteiger partial charge is 0.507 e. The lowest BCUT2D eigenvalue weighted by Gasteiger charge is -2.22. The average Bonchev–Trinajstić information content (AvgIpc) is 2.50. The zero-order chi connectivity index (χ0) is 17.0. The van der Waals surface area contributed by atoms with Gasteiger partial charge in [0.1, 0.15) is 5.75 Å². The Bertz CT molecular complexity index is 729. The van der Waals surface area contributed by atoms with Gasteiger partial charge in [0, 0.05) is 16.7 Å². The third kappa shape index (κ3) is 4.19. The minimum absolute atomic E-state index is 0.175. The topological polar surface area (TPSA) is 61.7 Å². The van der Waals surface area contributed by atoms with Gasteiger partial charge in [-0.3, -0.25) is 4.79 Å². The summed E-state index contributed by atoms with van der Waals surface area (Å²) in [6.45, 7) is 8.09. The van der Waals surface area contributed by atoms with Crippen LogP contribution in [0.25, 0.3) is 0 Å². The van der Waals surface area contributed by atoms with Crippen LogP contribution in [0, 0.1) is 6.92 Å². The average molecular weight is 310 g/mol. The van der Waals surface area contributed by atoms with Crippen molar-refractivity contribution in [2.75, 3.05) is 0 Å². The minimum atomic E-state index is -0.287. The molecule has 4 heteroatoms. The van der Waals surface area contributed by atoms with Crippen molar-refractivity contribution < 1.29 is 9.90 Å². The van der Waals surface area contributed by atoms with E-state index in [0.717, 1.165) is 11.1 Å². The molecule has 0 spiro atoms. The molecule has 1 amide bonds. The van der Waals surface area contributed by atoms with E-state index in [9.17, 15) is 9.90 Å². The molecule has 0 atom stereocenters. The Balaban J connectivity index is 2.20. The smallest absolute Gasteiger partial charge is 0.271 e. The van der Waals surface area contributed by atoms with Crippen LogP contribution >= 0.6 is 0 Å². The third-order valence-electron chi connectivity index (χ3n) is 3.50. The number of hydrogen-bond acceptors (Lipinski definition) is 3. The lowest BCUT2D eigenvalue weighted by Crippen LogP contribution is -2.17. The second kappa shape index (κ2) is 6.65. The van der Waals surface area contributed by atoms with Gasteiger partial charge in [0.25, 0.3) is 5.91 Å². The second-order valence-electron chi connectivity index (χ2n) is 6.57. The van der Waals surface area contributed by atoms with Gasteiger partial charge < -0.3 is 5.11 Å². The van der Waals surface area contributed by atoms with Crippen LogP contribution < -0.4 is 5.43 Å². The van der Waals surface area contributed by atoms with Crippen molar-refractivity contribution in [1.82, 2.24) is 5.43 Å². The summed E-state index contributed by atoms with van der Waals surface area (Å²) in [5.41, 5.74) is 5.31. The molecule has 0 saturated carbocycles. The van der Waals surface area contributed by atoms with E-state index in [1.807, 2.05) is 45.9 Å². The maximum Gasteiger partial charge on any atom is 0.271 e. The summed E-state index contributed by atoms with van der Waals surface area (Å²) in [6, 6.07) is 12.7. The Kier molecular flexibility index (Phi) is 4.84. The maximum absolute atomic E-state index is 11.9. The van der Waals surface area contributed by atoms with E-state index in [2.05, 4.69) is 10.5 Å². The molecule has 2 aromatic carbocycles. The second-order valence-corrected chi connectivity index (χ2v) is 6.57. The Morgan fingerprint density at radius 1 is 1.17 bits per heavy atom. The Morgan fingerprint density at radius 3 is 2.43 bits per heavy atom. The molecule has 23 heavy (non-hydrogen) atoms. The number of hydrazone groups is 1. The number of aromatic hydroxyl groups is 1. The van der Waals surface area contributed by atoms with Crippen molar-refractivity contribution in [3.05, 3.63) is 64.7 Å². The van der Waals surface area contributed by atoms with E-state index >= 15 is 0 Å². The number of benzene rings is 2. The number of nitrogens with one attached hydrogen (secondary N) is 1. The normalized spacial score (nSPS) is 11.7. The predicted octanol–water partition coefficient (Wildman–Crippen LogP) is 3.76. The fraction of sp³-hybridized carbons (Fsp3) is 0.263. The van der Waals surface area contributed by atoms with E-state index in [1.165, 1.54) is 6.21 Å². The van der Waals surface area contributed by atoms with Crippen LogP contribution in [0.15, 0.2) is 47.6 Å². The highest BCUT2D eigenvalue weighted by atomic mass is 16.3. The molecule has 0 aliphatic heterocycles. The Hall–Kier alpha value is -2.62. The van der Waals surface area contributed by atoms with E-state index < -0.39 is 0 Å². The molecule has 2 rings (SSSR count). The van der Waals surface area contributed by atoms with Gasteiger partial charge in [-0.15, -0.1) is 0 Å². The number of amides is 1. The van der Waals surface area contributed by atoms with Crippen molar-refractivity contribution in [2.24, 2.45) is 5.10 Å². The predicted molar refractivity (Wildman–Crippen MR) is 93.0 cm³/mol. The molecule has 0 heterocycles. The van der Waals surface area contributed by atoms with E-state index in [-0.39, 0.29) is 17.1 Å². The number of rotatable bonds is 3. The highest BCUT2D eigenvalue weighted by Crippen LogP contribution is 2.33. The van der Waals surface area contributed by atoms with Crippen LogP contribution in [0.1, 0.15) is 47.8 Å². The fourth-order valence-electron chi connectivity index (χ4n) is 2.29. The molecule has 2 N–H and O–H groups in total. The van der Waals surface area contributed by atoms with E-state index in [1.54, 1.807) is 24.3 Å². The van der Waals surface area contributed by atoms with Crippen molar-refractivity contribution in [3.63, 3.8) is 0 Å². The van der Waals surface area contributed by atoms with Gasteiger partial charge in [-0.1, -0.05) is 45.0 Å².